The Labute approximate surface area is 138 Å². The van der Waals surface area contributed by atoms with E-state index in [0.717, 1.165) is 4.90 Å². The van der Waals surface area contributed by atoms with E-state index in [9.17, 15) is 4.79 Å². The van der Waals surface area contributed by atoms with Crippen LogP contribution in [-0.2, 0) is 0 Å². The van der Waals surface area contributed by atoms with Crippen LogP contribution in [0.4, 0.5) is 0 Å². The van der Waals surface area contributed by atoms with Gasteiger partial charge in [0.15, 0.2) is 5.78 Å². The van der Waals surface area contributed by atoms with Gasteiger partial charge in [-0.15, -0.1) is 11.8 Å². The van der Waals surface area contributed by atoms with Crippen molar-refractivity contribution in [2.24, 2.45) is 0 Å². The number of halogens is 2. The van der Waals surface area contributed by atoms with E-state index in [0.29, 0.717) is 33.7 Å². The van der Waals surface area contributed by atoms with Crippen molar-refractivity contribution < 1.29 is 9.53 Å². The average Bonchev–Trinajstić information content (AvgIpc) is 2.49. The molecule has 21 heavy (non-hydrogen) atoms. The molecule has 0 bridgehead atoms. The quantitative estimate of drug-likeness (QED) is 0.522. The number of hydrogen-bond acceptors (Lipinski definition) is 3. The molecule has 110 valence electrons. The molecule has 0 aliphatic carbocycles. The predicted octanol–water partition coefficient (Wildman–Crippen LogP) is 5.37. The summed E-state index contributed by atoms with van der Waals surface area (Å²) < 4.78 is 5.48. The van der Waals surface area contributed by atoms with E-state index in [1.165, 1.54) is 11.8 Å². The maximum atomic E-state index is 12.3. The zero-order valence-electron chi connectivity index (χ0n) is 11.4. The van der Waals surface area contributed by atoms with E-state index in [-0.39, 0.29) is 5.78 Å². The van der Waals surface area contributed by atoms with E-state index >= 15 is 0 Å². The first-order chi connectivity index (χ1) is 10.1. The van der Waals surface area contributed by atoms with E-state index in [1.807, 2.05) is 25.1 Å². The lowest BCUT2D eigenvalue weighted by Gasteiger charge is -2.09. The van der Waals surface area contributed by atoms with Gasteiger partial charge in [0.25, 0.3) is 0 Å². The molecule has 0 saturated heterocycles. The van der Waals surface area contributed by atoms with Crippen molar-refractivity contribution in [2.45, 2.75) is 11.8 Å². The highest BCUT2D eigenvalue weighted by Gasteiger charge is 2.12. The van der Waals surface area contributed by atoms with E-state index < -0.39 is 0 Å². The number of carbonyl (C=O) groups excluding carboxylic acids is 1. The summed E-state index contributed by atoms with van der Waals surface area (Å²) in [4.78, 5) is 13.2. The van der Waals surface area contributed by atoms with Crippen molar-refractivity contribution in [1.29, 1.82) is 0 Å². The first-order valence-corrected chi connectivity index (χ1v) is 8.19. The summed E-state index contributed by atoms with van der Waals surface area (Å²) in [6, 6.07) is 12.6. The number of para-hydroxylation sites is 1. The Kier molecular flexibility index (Phi) is 5.97. The van der Waals surface area contributed by atoms with Crippen molar-refractivity contribution in [1.82, 2.24) is 0 Å². The summed E-state index contributed by atoms with van der Waals surface area (Å²) >= 11 is 13.3. The number of Topliss-reactive ketones (excluding diaryl/α,β-unsaturated/α-hetero) is 1. The molecular weight excluding hydrogens is 327 g/mol. The third kappa shape index (κ3) is 4.40. The molecule has 2 aromatic carbocycles. The summed E-state index contributed by atoms with van der Waals surface area (Å²) in [6.07, 6.45) is 0. The minimum Gasteiger partial charge on any atom is -0.493 e. The highest BCUT2D eigenvalue weighted by Crippen LogP contribution is 2.29. The van der Waals surface area contributed by atoms with Crippen molar-refractivity contribution >= 4 is 40.7 Å². The van der Waals surface area contributed by atoms with Gasteiger partial charge in [-0.1, -0.05) is 35.3 Å². The van der Waals surface area contributed by atoms with Crippen LogP contribution in [0, 0.1) is 0 Å². The van der Waals surface area contributed by atoms with Crippen LogP contribution in [0.3, 0.4) is 0 Å². The molecule has 2 aromatic rings. The fraction of sp³-hybridized carbons (Fsp3) is 0.188. The van der Waals surface area contributed by atoms with E-state index in [1.54, 1.807) is 24.3 Å². The Morgan fingerprint density at radius 2 is 1.90 bits per heavy atom. The first kappa shape index (κ1) is 16.2. The normalized spacial score (nSPS) is 10.4. The molecule has 2 rings (SSSR count). The highest BCUT2D eigenvalue weighted by atomic mass is 35.5. The van der Waals surface area contributed by atoms with Crippen LogP contribution in [0.1, 0.15) is 17.3 Å². The molecule has 0 N–H and O–H groups in total. The van der Waals surface area contributed by atoms with Gasteiger partial charge in [0, 0.05) is 4.90 Å². The van der Waals surface area contributed by atoms with Crippen molar-refractivity contribution in [2.75, 3.05) is 12.4 Å². The number of benzene rings is 2. The molecule has 0 atom stereocenters. The number of rotatable bonds is 6. The molecule has 2 nitrogen and oxygen atoms in total. The lowest BCUT2D eigenvalue weighted by molar-refractivity contribution is 0.101. The summed E-state index contributed by atoms with van der Waals surface area (Å²) in [6.45, 7) is 2.43. The van der Waals surface area contributed by atoms with Crippen molar-refractivity contribution in [3.63, 3.8) is 0 Å². The van der Waals surface area contributed by atoms with Gasteiger partial charge in [0.2, 0.25) is 0 Å². The van der Waals surface area contributed by atoms with Crippen LogP contribution in [0.25, 0.3) is 0 Å². The SMILES string of the molecule is CCOc1ccccc1C(=O)CSc1ccc(Cl)c(Cl)c1. The van der Waals surface area contributed by atoms with Gasteiger partial charge < -0.3 is 4.74 Å². The number of ether oxygens (including phenoxy) is 1. The predicted molar refractivity (Wildman–Crippen MR) is 89.1 cm³/mol. The Morgan fingerprint density at radius 1 is 1.14 bits per heavy atom. The summed E-state index contributed by atoms with van der Waals surface area (Å²) in [5, 5.41) is 0.998. The van der Waals surface area contributed by atoms with Crippen LogP contribution in [0.2, 0.25) is 10.0 Å². The summed E-state index contributed by atoms with van der Waals surface area (Å²) in [5.41, 5.74) is 0.604. The van der Waals surface area contributed by atoms with Gasteiger partial charge in [-0.3, -0.25) is 4.79 Å². The molecule has 0 amide bonds. The zero-order chi connectivity index (χ0) is 15.2. The molecule has 0 saturated carbocycles. The fourth-order valence-electron chi connectivity index (χ4n) is 1.77. The fourth-order valence-corrected chi connectivity index (χ4v) is 2.95. The molecular formula is C16H14Cl2O2S. The highest BCUT2D eigenvalue weighted by molar-refractivity contribution is 8.00. The van der Waals surface area contributed by atoms with E-state index in [2.05, 4.69) is 0 Å². The summed E-state index contributed by atoms with van der Waals surface area (Å²) in [5.74, 6) is 0.969. The van der Waals surface area contributed by atoms with Gasteiger partial charge in [0.05, 0.1) is 28.0 Å². The number of carbonyl (C=O) groups is 1. The van der Waals surface area contributed by atoms with Crippen LogP contribution < -0.4 is 4.74 Å². The van der Waals surface area contributed by atoms with Gasteiger partial charge in [-0.05, 0) is 37.3 Å². The Hall–Kier alpha value is -1.16. The standard InChI is InChI=1S/C16H14Cl2O2S/c1-2-20-16-6-4-3-5-12(16)15(19)10-21-11-7-8-13(17)14(18)9-11/h3-9H,2,10H2,1H3. The largest absolute Gasteiger partial charge is 0.493 e. The van der Waals surface area contributed by atoms with Crippen LogP contribution >= 0.6 is 35.0 Å². The van der Waals surface area contributed by atoms with Crippen molar-refractivity contribution in [3.8, 4) is 5.75 Å². The van der Waals surface area contributed by atoms with Gasteiger partial charge in [-0.25, -0.2) is 0 Å². The lowest BCUT2D eigenvalue weighted by Crippen LogP contribution is -2.06. The number of ketones is 1. The Balaban J connectivity index is 2.06. The Bertz CT molecular complexity index is 644. The molecule has 0 fully saturated rings. The molecule has 0 heterocycles. The van der Waals surface area contributed by atoms with Crippen LogP contribution in [0.15, 0.2) is 47.4 Å². The average molecular weight is 341 g/mol. The second-order valence-electron chi connectivity index (χ2n) is 4.22. The first-order valence-electron chi connectivity index (χ1n) is 6.44. The third-order valence-corrected chi connectivity index (χ3v) is 4.48. The Morgan fingerprint density at radius 3 is 2.62 bits per heavy atom. The lowest BCUT2D eigenvalue weighted by atomic mass is 10.1. The van der Waals surface area contributed by atoms with Crippen LogP contribution in [-0.4, -0.2) is 18.1 Å². The molecule has 0 spiro atoms. The summed E-state index contributed by atoms with van der Waals surface area (Å²) in [7, 11) is 0. The maximum absolute atomic E-state index is 12.3. The maximum Gasteiger partial charge on any atom is 0.176 e. The van der Waals surface area contributed by atoms with Gasteiger partial charge in [-0.2, -0.15) is 0 Å². The molecule has 0 unspecified atom stereocenters. The molecule has 0 radical (unpaired) electrons. The van der Waals surface area contributed by atoms with E-state index in [4.69, 9.17) is 27.9 Å². The molecule has 0 aromatic heterocycles. The smallest absolute Gasteiger partial charge is 0.176 e. The minimum atomic E-state index is 0.0233. The number of thioether (sulfide) groups is 1. The molecule has 5 heteroatoms. The number of hydrogen-bond donors (Lipinski definition) is 0. The second kappa shape index (κ2) is 7.74. The monoisotopic (exact) mass is 340 g/mol. The van der Waals surface area contributed by atoms with Crippen molar-refractivity contribution in [3.05, 3.63) is 58.1 Å². The zero-order valence-corrected chi connectivity index (χ0v) is 13.8. The topological polar surface area (TPSA) is 26.3 Å². The minimum absolute atomic E-state index is 0.0233. The third-order valence-electron chi connectivity index (χ3n) is 2.75. The second-order valence-corrected chi connectivity index (χ2v) is 6.08. The molecule has 0 aliphatic heterocycles. The van der Waals surface area contributed by atoms with Gasteiger partial charge >= 0.3 is 0 Å². The molecule has 0 aliphatic rings. The van der Waals surface area contributed by atoms with Gasteiger partial charge in [0.1, 0.15) is 5.75 Å². The van der Waals surface area contributed by atoms with Crippen LogP contribution in [0.5, 0.6) is 5.75 Å².